The third-order valence-electron chi connectivity index (χ3n) is 3.04. The number of methoxy groups -OCH3 is 1. The Kier molecular flexibility index (Phi) is 4.15. The van der Waals surface area contributed by atoms with Gasteiger partial charge in [-0.1, -0.05) is 38.1 Å². The molecule has 0 saturated carbocycles. The van der Waals surface area contributed by atoms with Crippen LogP contribution in [0.4, 0.5) is 0 Å². The predicted octanol–water partition coefficient (Wildman–Crippen LogP) is 4.64. The van der Waals surface area contributed by atoms with Gasteiger partial charge in [-0.25, -0.2) is 4.98 Å². The topological polar surface area (TPSA) is 22.1 Å². The van der Waals surface area contributed by atoms with Crippen molar-refractivity contribution in [2.75, 3.05) is 7.11 Å². The van der Waals surface area contributed by atoms with Crippen molar-refractivity contribution in [3.63, 3.8) is 0 Å². The van der Waals surface area contributed by atoms with E-state index in [-0.39, 0.29) is 6.10 Å². The molecule has 0 fully saturated rings. The average Bonchev–Trinajstić information content (AvgIpc) is 2.88. The van der Waals surface area contributed by atoms with Crippen molar-refractivity contribution in [1.82, 2.24) is 4.98 Å². The lowest BCUT2D eigenvalue weighted by molar-refractivity contribution is 0.119. The molecule has 1 aromatic heterocycles. The van der Waals surface area contributed by atoms with E-state index in [0.29, 0.717) is 5.92 Å². The molecule has 0 unspecified atom stereocenters. The molecule has 1 heterocycles. The lowest BCUT2D eigenvalue weighted by Crippen LogP contribution is -1.94. The van der Waals surface area contributed by atoms with Crippen molar-refractivity contribution in [2.45, 2.75) is 32.8 Å². The fraction of sp³-hybridized carbons (Fsp3) is 0.400. The number of ether oxygens (including phenoxy) is 1. The van der Waals surface area contributed by atoms with E-state index in [9.17, 15) is 0 Å². The van der Waals surface area contributed by atoms with Crippen LogP contribution in [0, 0.1) is 0 Å². The maximum absolute atomic E-state index is 5.31. The van der Waals surface area contributed by atoms with E-state index < -0.39 is 0 Å². The van der Waals surface area contributed by atoms with Crippen molar-refractivity contribution in [3.8, 4) is 10.4 Å². The number of benzene rings is 1. The summed E-state index contributed by atoms with van der Waals surface area (Å²) in [6.45, 7) is 6.40. The van der Waals surface area contributed by atoms with E-state index >= 15 is 0 Å². The van der Waals surface area contributed by atoms with Crippen LogP contribution in [-0.4, -0.2) is 12.1 Å². The number of aromatic nitrogens is 1. The van der Waals surface area contributed by atoms with E-state index in [4.69, 9.17) is 4.74 Å². The van der Waals surface area contributed by atoms with Gasteiger partial charge in [0.2, 0.25) is 0 Å². The second kappa shape index (κ2) is 5.63. The molecule has 96 valence electrons. The third kappa shape index (κ3) is 2.79. The SMILES string of the molecule is CO[C@@H](C)c1ccc(-c2cnc(C(C)C)s2)cc1. The largest absolute Gasteiger partial charge is 0.377 e. The van der Waals surface area contributed by atoms with Gasteiger partial charge in [0, 0.05) is 19.2 Å². The number of hydrogen-bond acceptors (Lipinski definition) is 3. The summed E-state index contributed by atoms with van der Waals surface area (Å²) < 4.78 is 5.31. The van der Waals surface area contributed by atoms with Crippen LogP contribution in [0.5, 0.6) is 0 Å². The van der Waals surface area contributed by atoms with Crippen molar-refractivity contribution in [3.05, 3.63) is 41.0 Å². The molecule has 0 radical (unpaired) electrons. The Bertz CT molecular complexity index is 501. The van der Waals surface area contributed by atoms with Crippen LogP contribution >= 0.6 is 11.3 Å². The second-order valence-electron chi connectivity index (χ2n) is 4.72. The zero-order valence-electron chi connectivity index (χ0n) is 11.3. The van der Waals surface area contributed by atoms with Gasteiger partial charge >= 0.3 is 0 Å². The Morgan fingerprint density at radius 3 is 2.28 bits per heavy atom. The minimum Gasteiger partial charge on any atom is -0.377 e. The number of rotatable bonds is 4. The molecular formula is C15H19NOS. The van der Waals surface area contributed by atoms with E-state index in [1.54, 1.807) is 18.4 Å². The summed E-state index contributed by atoms with van der Waals surface area (Å²) in [6.07, 6.45) is 2.11. The van der Waals surface area contributed by atoms with Crippen LogP contribution in [0.1, 0.15) is 43.4 Å². The van der Waals surface area contributed by atoms with Gasteiger partial charge in [0.15, 0.2) is 0 Å². The summed E-state index contributed by atoms with van der Waals surface area (Å²) in [5, 5.41) is 1.19. The van der Waals surface area contributed by atoms with Crippen LogP contribution in [0.15, 0.2) is 30.5 Å². The summed E-state index contributed by atoms with van der Waals surface area (Å²) in [5.74, 6) is 0.497. The van der Waals surface area contributed by atoms with E-state index in [1.807, 2.05) is 6.20 Å². The van der Waals surface area contributed by atoms with Gasteiger partial charge in [0.1, 0.15) is 0 Å². The van der Waals surface area contributed by atoms with Gasteiger partial charge in [-0.05, 0) is 18.1 Å². The Balaban J connectivity index is 2.23. The predicted molar refractivity (Wildman–Crippen MR) is 77.1 cm³/mol. The number of thiazole rings is 1. The molecule has 2 rings (SSSR count). The first kappa shape index (κ1) is 13.2. The first-order chi connectivity index (χ1) is 8.61. The molecular weight excluding hydrogens is 242 g/mol. The molecule has 1 atom stereocenters. The first-order valence-electron chi connectivity index (χ1n) is 6.20. The summed E-state index contributed by atoms with van der Waals surface area (Å²) >= 11 is 1.77. The lowest BCUT2D eigenvalue weighted by Gasteiger charge is -2.09. The molecule has 0 spiro atoms. The van der Waals surface area contributed by atoms with Crippen LogP contribution in [-0.2, 0) is 4.74 Å². The van der Waals surface area contributed by atoms with E-state index in [0.717, 1.165) is 0 Å². The van der Waals surface area contributed by atoms with Crippen LogP contribution in [0.2, 0.25) is 0 Å². The monoisotopic (exact) mass is 261 g/mol. The highest BCUT2D eigenvalue weighted by Crippen LogP contribution is 2.30. The molecule has 0 aliphatic heterocycles. The Labute approximate surface area is 113 Å². The highest BCUT2D eigenvalue weighted by Gasteiger charge is 2.08. The summed E-state index contributed by atoms with van der Waals surface area (Å²) in [6, 6.07) is 8.53. The van der Waals surface area contributed by atoms with Crippen LogP contribution in [0.25, 0.3) is 10.4 Å². The first-order valence-corrected chi connectivity index (χ1v) is 7.02. The molecule has 0 amide bonds. The zero-order valence-corrected chi connectivity index (χ0v) is 12.1. The molecule has 18 heavy (non-hydrogen) atoms. The molecule has 0 N–H and O–H groups in total. The molecule has 2 aromatic rings. The van der Waals surface area contributed by atoms with Crippen LogP contribution in [0.3, 0.4) is 0 Å². The van der Waals surface area contributed by atoms with E-state index in [2.05, 4.69) is 50.0 Å². The Morgan fingerprint density at radius 2 is 1.78 bits per heavy atom. The lowest BCUT2D eigenvalue weighted by atomic mass is 10.1. The summed E-state index contributed by atoms with van der Waals surface area (Å²) in [4.78, 5) is 5.69. The minimum atomic E-state index is 0.145. The van der Waals surface area contributed by atoms with Crippen molar-refractivity contribution in [2.24, 2.45) is 0 Å². The van der Waals surface area contributed by atoms with Crippen molar-refractivity contribution in [1.29, 1.82) is 0 Å². The zero-order chi connectivity index (χ0) is 13.1. The maximum atomic E-state index is 5.31. The normalized spacial score (nSPS) is 12.9. The smallest absolute Gasteiger partial charge is 0.0956 e. The molecule has 2 nitrogen and oxygen atoms in total. The highest BCUT2D eigenvalue weighted by molar-refractivity contribution is 7.15. The molecule has 1 aromatic carbocycles. The standard InChI is InChI=1S/C15H19NOS/c1-10(2)15-16-9-14(18-15)13-7-5-12(6-8-13)11(3)17-4/h5-11H,1-4H3/t11-/m0/s1. The molecule has 0 bridgehead atoms. The molecule has 3 heteroatoms. The molecule has 0 aliphatic carbocycles. The third-order valence-corrected chi connectivity index (χ3v) is 4.38. The van der Waals surface area contributed by atoms with Crippen LogP contribution < -0.4 is 0 Å². The Morgan fingerprint density at radius 1 is 1.11 bits per heavy atom. The van der Waals surface area contributed by atoms with Gasteiger partial charge in [-0.2, -0.15) is 0 Å². The van der Waals surface area contributed by atoms with Crippen molar-refractivity contribution >= 4 is 11.3 Å². The Hall–Kier alpha value is -1.19. The van der Waals surface area contributed by atoms with Gasteiger partial charge in [-0.15, -0.1) is 11.3 Å². The molecule has 0 saturated heterocycles. The quantitative estimate of drug-likeness (QED) is 0.799. The van der Waals surface area contributed by atoms with Gasteiger partial charge < -0.3 is 4.74 Å². The van der Waals surface area contributed by atoms with Crippen molar-refractivity contribution < 1.29 is 4.74 Å². The van der Waals surface area contributed by atoms with Gasteiger partial charge in [0.05, 0.1) is 16.0 Å². The number of nitrogens with zero attached hydrogens (tertiary/aromatic N) is 1. The minimum absolute atomic E-state index is 0.145. The summed E-state index contributed by atoms with van der Waals surface area (Å²) in [5.41, 5.74) is 2.43. The average molecular weight is 261 g/mol. The maximum Gasteiger partial charge on any atom is 0.0956 e. The summed E-state index contributed by atoms with van der Waals surface area (Å²) in [7, 11) is 1.73. The number of hydrogen-bond donors (Lipinski definition) is 0. The second-order valence-corrected chi connectivity index (χ2v) is 5.78. The fourth-order valence-corrected chi connectivity index (χ4v) is 2.67. The van der Waals surface area contributed by atoms with E-state index in [1.165, 1.54) is 21.0 Å². The van der Waals surface area contributed by atoms with Gasteiger partial charge in [0.25, 0.3) is 0 Å². The molecule has 0 aliphatic rings. The fourth-order valence-electron chi connectivity index (χ4n) is 1.74. The highest BCUT2D eigenvalue weighted by atomic mass is 32.1. The van der Waals surface area contributed by atoms with Gasteiger partial charge in [-0.3, -0.25) is 0 Å².